The van der Waals surface area contributed by atoms with E-state index in [0.29, 0.717) is 18.1 Å². The van der Waals surface area contributed by atoms with Gasteiger partial charge in [-0.1, -0.05) is 25.4 Å². The maximum Gasteiger partial charge on any atom is 0.0847 e. The van der Waals surface area contributed by atoms with E-state index in [9.17, 15) is 0 Å². The largest absolute Gasteiger partial charge is 0.378 e. The first-order chi connectivity index (χ1) is 9.58. The molecule has 0 aliphatic carbocycles. The van der Waals surface area contributed by atoms with Gasteiger partial charge in [0.05, 0.1) is 22.5 Å². The van der Waals surface area contributed by atoms with E-state index in [-0.39, 0.29) is 0 Å². The monoisotopic (exact) mass is 299 g/mol. The van der Waals surface area contributed by atoms with Gasteiger partial charge in [-0.3, -0.25) is 4.68 Å². The minimum Gasteiger partial charge on any atom is -0.378 e. The molecule has 20 heavy (non-hydrogen) atoms. The summed E-state index contributed by atoms with van der Waals surface area (Å²) in [6.07, 6.45) is 3.48. The van der Waals surface area contributed by atoms with Gasteiger partial charge in [-0.15, -0.1) is 0 Å². The topological polar surface area (TPSA) is 39.1 Å². The molecule has 5 heteroatoms. The fraction of sp³-hybridized carbons (Fsp3) is 0.800. The van der Waals surface area contributed by atoms with E-state index in [0.717, 1.165) is 48.8 Å². The molecule has 3 unspecified atom stereocenters. The van der Waals surface area contributed by atoms with E-state index < -0.39 is 0 Å². The summed E-state index contributed by atoms with van der Waals surface area (Å²) in [7, 11) is 1.97. The Hall–Kier alpha value is -0.580. The summed E-state index contributed by atoms with van der Waals surface area (Å²) in [4.78, 5) is 0. The van der Waals surface area contributed by atoms with Crippen LogP contribution in [0.2, 0.25) is 5.02 Å². The van der Waals surface area contributed by atoms with Gasteiger partial charge in [0.25, 0.3) is 0 Å². The number of hydrogen-bond donors (Lipinski definition) is 1. The first-order valence-corrected chi connectivity index (χ1v) is 7.99. The second kappa shape index (κ2) is 6.92. The first kappa shape index (κ1) is 15.8. The lowest BCUT2D eigenvalue weighted by Crippen LogP contribution is -2.41. The highest BCUT2D eigenvalue weighted by molar-refractivity contribution is 6.31. The van der Waals surface area contributed by atoms with E-state index in [1.165, 1.54) is 0 Å². The van der Waals surface area contributed by atoms with Crippen LogP contribution in [0.15, 0.2) is 0 Å². The van der Waals surface area contributed by atoms with E-state index in [1.54, 1.807) is 0 Å². The van der Waals surface area contributed by atoms with Gasteiger partial charge < -0.3 is 10.1 Å². The van der Waals surface area contributed by atoms with Crippen molar-refractivity contribution in [3.05, 3.63) is 16.4 Å². The fourth-order valence-corrected chi connectivity index (χ4v) is 3.53. The lowest BCUT2D eigenvalue weighted by molar-refractivity contribution is 0.0774. The molecule has 0 saturated carbocycles. The molecule has 1 aromatic heterocycles. The van der Waals surface area contributed by atoms with Gasteiger partial charge >= 0.3 is 0 Å². The maximum absolute atomic E-state index is 6.39. The number of nitrogens with one attached hydrogen (secondary N) is 1. The van der Waals surface area contributed by atoms with Crippen molar-refractivity contribution in [3.63, 3.8) is 0 Å². The van der Waals surface area contributed by atoms with Gasteiger partial charge in [0.15, 0.2) is 0 Å². The average Bonchev–Trinajstić information content (AvgIpc) is 2.98. The summed E-state index contributed by atoms with van der Waals surface area (Å²) in [6, 6.07) is 0.403. The third kappa shape index (κ3) is 3.18. The van der Waals surface area contributed by atoms with Crippen molar-refractivity contribution in [3.8, 4) is 0 Å². The zero-order chi connectivity index (χ0) is 14.7. The molecule has 0 radical (unpaired) electrons. The van der Waals surface area contributed by atoms with Gasteiger partial charge in [0, 0.05) is 32.0 Å². The minimum atomic E-state index is 0.368. The van der Waals surface area contributed by atoms with Gasteiger partial charge in [-0.05, 0) is 26.3 Å². The number of ether oxygens (including phenoxy) is 1. The van der Waals surface area contributed by atoms with Crippen LogP contribution in [-0.2, 0) is 18.2 Å². The molecule has 1 aliphatic heterocycles. The Morgan fingerprint density at radius 3 is 2.80 bits per heavy atom. The Morgan fingerprint density at radius 1 is 1.50 bits per heavy atom. The van der Waals surface area contributed by atoms with Crippen LogP contribution in [0.3, 0.4) is 0 Å². The zero-order valence-electron chi connectivity index (χ0n) is 12.9. The molecule has 1 saturated heterocycles. The predicted octanol–water partition coefficient (Wildman–Crippen LogP) is 2.72. The molecule has 0 aromatic carbocycles. The molecular weight excluding hydrogens is 274 g/mol. The third-order valence-electron chi connectivity index (χ3n) is 4.32. The van der Waals surface area contributed by atoms with Crippen LogP contribution in [0.4, 0.5) is 0 Å². The first-order valence-electron chi connectivity index (χ1n) is 7.61. The molecule has 1 aliphatic rings. The molecule has 1 aromatic rings. The van der Waals surface area contributed by atoms with Gasteiger partial charge in [0.2, 0.25) is 0 Å². The third-order valence-corrected chi connectivity index (χ3v) is 4.81. The second-order valence-electron chi connectivity index (χ2n) is 5.61. The van der Waals surface area contributed by atoms with Crippen molar-refractivity contribution in [2.75, 3.05) is 13.2 Å². The summed E-state index contributed by atoms with van der Waals surface area (Å²) in [5.41, 5.74) is 2.03. The zero-order valence-corrected chi connectivity index (χ0v) is 13.7. The van der Waals surface area contributed by atoms with Crippen molar-refractivity contribution >= 4 is 11.6 Å². The fourth-order valence-electron chi connectivity index (χ4n) is 3.29. The molecule has 2 rings (SSSR count). The van der Waals surface area contributed by atoms with Crippen LogP contribution in [0.5, 0.6) is 0 Å². The molecule has 114 valence electrons. The summed E-state index contributed by atoms with van der Waals surface area (Å²) < 4.78 is 7.77. The maximum atomic E-state index is 6.39. The van der Waals surface area contributed by atoms with Crippen molar-refractivity contribution < 1.29 is 4.74 Å². The van der Waals surface area contributed by atoms with Crippen molar-refractivity contribution in [1.29, 1.82) is 0 Å². The average molecular weight is 300 g/mol. The Balaban J connectivity index is 2.16. The van der Waals surface area contributed by atoms with Crippen molar-refractivity contribution in [2.24, 2.45) is 13.0 Å². The van der Waals surface area contributed by atoms with Gasteiger partial charge in [0.1, 0.15) is 0 Å². The molecule has 2 heterocycles. The van der Waals surface area contributed by atoms with Crippen LogP contribution in [-0.4, -0.2) is 35.1 Å². The number of aromatic nitrogens is 2. The molecule has 0 amide bonds. The summed E-state index contributed by atoms with van der Waals surface area (Å²) in [5, 5.41) is 8.84. The van der Waals surface area contributed by atoms with Gasteiger partial charge in [-0.2, -0.15) is 5.10 Å². The summed E-state index contributed by atoms with van der Waals surface area (Å²) in [6.45, 7) is 8.16. The summed E-state index contributed by atoms with van der Waals surface area (Å²) in [5.74, 6) is 0.561. The predicted molar refractivity (Wildman–Crippen MR) is 82.3 cm³/mol. The normalized spacial score (nSPS) is 24.2. The lowest BCUT2D eigenvalue weighted by Gasteiger charge is -2.28. The van der Waals surface area contributed by atoms with Crippen molar-refractivity contribution in [2.45, 2.75) is 52.2 Å². The standard InChI is InChI=1S/C15H26ClN3O/c1-5-14-11(7-8-20-14)12(17-6-2)9-13-15(16)10(3)18-19(13)4/h11-12,14,17H,5-9H2,1-4H3. The number of halogens is 1. The SMILES string of the molecule is CCNC(Cc1c(Cl)c(C)nn1C)C1CCOC1CC. The molecule has 0 bridgehead atoms. The smallest absolute Gasteiger partial charge is 0.0847 e. The molecule has 1 N–H and O–H groups in total. The molecule has 3 atom stereocenters. The number of likely N-dealkylation sites (N-methyl/N-ethyl adjacent to an activating group) is 1. The number of hydrogen-bond acceptors (Lipinski definition) is 3. The Morgan fingerprint density at radius 2 is 2.25 bits per heavy atom. The van der Waals surface area contributed by atoms with Crippen LogP contribution in [0.25, 0.3) is 0 Å². The number of aryl methyl sites for hydroxylation is 2. The lowest BCUT2D eigenvalue weighted by atomic mass is 9.88. The quantitative estimate of drug-likeness (QED) is 0.878. The van der Waals surface area contributed by atoms with Crippen LogP contribution < -0.4 is 5.32 Å². The highest BCUT2D eigenvalue weighted by atomic mass is 35.5. The van der Waals surface area contributed by atoms with Crippen LogP contribution in [0, 0.1) is 12.8 Å². The number of nitrogens with zero attached hydrogens (tertiary/aromatic N) is 2. The van der Waals surface area contributed by atoms with E-state index in [4.69, 9.17) is 16.3 Å². The van der Waals surface area contributed by atoms with E-state index in [2.05, 4.69) is 24.3 Å². The Labute approximate surface area is 126 Å². The van der Waals surface area contributed by atoms with E-state index >= 15 is 0 Å². The van der Waals surface area contributed by atoms with Crippen molar-refractivity contribution in [1.82, 2.24) is 15.1 Å². The number of rotatable bonds is 6. The van der Waals surface area contributed by atoms with Crippen LogP contribution in [0.1, 0.15) is 38.1 Å². The summed E-state index contributed by atoms with van der Waals surface area (Å²) >= 11 is 6.39. The molecule has 0 spiro atoms. The van der Waals surface area contributed by atoms with E-state index in [1.807, 2.05) is 18.7 Å². The molecule has 1 fully saturated rings. The Bertz CT molecular complexity index is 447. The van der Waals surface area contributed by atoms with Crippen LogP contribution >= 0.6 is 11.6 Å². The Kier molecular flexibility index (Phi) is 5.47. The minimum absolute atomic E-state index is 0.368. The molecular formula is C15H26ClN3O. The highest BCUT2D eigenvalue weighted by Crippen LogP contribution is 2.30. The molecule has 4 nitrogen and oxygen atoms in total. The highest BCUT2D eigenvalue weighted by Gasteiger charge is 2.34. The second-order valence-corrected chi connectivity index (χ2v) is 5.99. The van der Waals surface area contributed by atoms with Gasteiger partial charge in [-0.25, -0.2) is 0 Å².